The molecule has 4 heteroatoms. The summed E-state index contributed by atoms with van der Waals surface area (Å²) in [6.45, 7) is 3.87. The molecular weight excluding hydrogens is 140 g/mol. The third-order valence-corrected chi connectivity index (χ3v) is 1.40. The van der Waals surface area contributed by atoms with E-state index in [9.17, 15) is 0 Å². The Morgan fingerprint density at radius 1 is 1.64 bits per heavy atom. The minimum atomic E-state index is 0.795. The Bertz CT molecular complexity index is 185. The quantitative estimate of drug-likeness (QED) is 0.683. The van der Waals surface area contributed by atoms with E-state index in [1.165, 1.54) is 0 Å². The van der Waals surface area contributed by atoms with E-state index in [2.05, 4.69) is 22.6 Å². The van der Waals surface area contributed by atoms with Crippen LogP contribution in [-0.4, -0.2) is 22.0 Å². The average molecular weight is 154 g/mol. The minimum absolute atomic E-state index is 0.795. The van der Waals surface area contributed by atoms with Gasteiger partial charge in [0.25, 0.3) is 0 Å². The molecule has 1 N–H and O–H groups in total. The van der Waals surface area contributed by atoms with Crippen LogP contribution in [0.1, 0.15) is 19.0 Å². The van der Waals surface area contributed by atoms with Gasteiger partial charge in [0.15, 0.2) is 0 Å². The summed E-state index contributed by atoms with van der Waals surface area (Å²) in [6.07, 6.45) is 3.07. The molecular formula is C7H14N4. The van der Waals surface area contributed by atoms with Gasteiger partial charge in [-0.1, -0.05) is 12.1 Å². The maximum absolute atomic E-state index is 3.98. The van der Waals surface area contributed by atoms with Crippen molar-refractivity contribution in [2.24, 2.45) is 0 Å². The molecule has 1 aromatic heterocycles. The normalized spacial score (nSPS) is 10.4. The lowest BCUT2D eigenvalue weighted by Crippen LogP contribution is -2.05. The fourth-order valence-electron chi connectivity index (χ4n) is 0.939. The number of nitrogens with one attached hydrogen (secondary N) is 1. The highest BCUT2D eigenvalue weighted by Crippen LogP contribution is 1.92. The Balaban J connectivity index is 2.51. The molecule has 1 heterocycles. The van der Waals surface area contributed by atoms with Gasteiger partial charge in [-0.2, -0.15) is 0 Å². The minimum Gasteiger partial charge on any atom is -0.314 e. The molecule has 0 spiro atoms. The summed E-state index contributed by atoms with van der Waals surface area (Å²) in [5, 5.41) is 10.9. The van der Waals surface area contributed by atoms with E-state index in [-0.39, 0.29) is 0 Å². The van der Waals surface area contributed by atoms with Crippen LogP contribution in [0.15, 0.2) is 6.20 Å². The van der Waals surface area contributed by atoms with Gasteiger partial charge in [-0.15, -0.1) is 5.10 Å². The molecule has 0 fully saturated rings. The monoisotopic (exact) mass is 154 g/mol. The van der Waals surface area contributed by atoms with Crippen molar-refractivity contribution in [3.8, 4) is 0 Å². The van der Waals surface area contributed by atoms with Crippen LogP contribution in [0.25, 0.3) is 0 Å². The first-order chi connectivity index (χ1) is 5.36. The van der Waals surface area contributed by atoms with E-state index in [0.717, 1.165) is 25.2 Å². The molecule has 0 saturated carbocycles. The standard InChI is InChI=1S/C7H14N4/c1-3-4-11-6-7(5-8-2)9-10-11/h6,8H,3-5H2,1-2H3. The van der Waals surface area contributed by atoms with Crippen molar-refractivity contribution in [2.45, 2.75) is 26.4 Å². The number of aryl methyl sites for hydroxylation is 1. The molecule has 11 heavy (non-hydrogen) atoms. The van der Waals surface area contributed by atoms with Crippen molar-refractivity contribution in [2.75, 3.05) is 7.05 Å². The largest absolute Gasteiger partial charge is 0.314 e. The Hall–Kier alpha value is -0.900. The van der Waals surface area contributed by atoms with Crippen LogP contribution >= 0.6 is 0 Å². The van der Waals surface area contributed by atoms with Crippen molar-refractivity contribution in [3.05, 3.63) is 11.9 Å². The van der Waals surface area contributed by atoms with Gasteiger partial charge < -0.3 is 5.32 Å². The molecule has 62 valence electrons. The molecule has 4 nitrogen and oxygen atoms in total. The van der Waals surface area contributed by atoms with Crippen LogP contribution in [-0.2, 0) is 13.1 Å². The van der Waals surface area contributed by atoms with Gasteiger partial charge in [0, 0.05) is 19.3 Å². The number of hydrogen-bond donors (Lipinski definition) is 1. The Morgan fingerprint density at radius 3 is 3.09 bits per heavy atom. The van der Waals surface area contributed by atoms with Crippen molar-refractivity contribution < 1.29 is 0 Å². The highest BCUT2D eigenvalue weighted by Gasteiger charge is 1.96. The van der Waals surface area contributed by atoms with Crippen molar-refractivity contribution in [3.63, 3.8) is 0 Å². The summed E-state index contributed by atoms with van der Waals surface area (Å²) >= 11 is 0. The molecule has 1 rings (SSSR count). The Kier molecular flexibility index (Phi) is 3.04. The lowest BCUT2D eigenvalue weighted by Gasteiger charge is -1.92. The molecule has 1 aromatic rings. The summed E-state index contributed by atoms with van der Waals surface area (Å²) in [7, 11) is 1.90. The highest BCUT2D eigenvalue weighted by molar-refractivity contribution is 4.90. The molecule has 0 aliphatic carbocycles. The van der Waals surface area contributed by atoms with Gasteiger partial charge in [0.05, 0.1) is 5.69 Å². The number of nitrogens with zero attached hydrogens (tertiary/aromatic N) is 3. The maximum atomic E-state index is 3.98. The number of hydrogen-bond acceptors (Lipinski definition) is 3. The molecule has 0 bridgehead atoms. The van der Waals surface area contributed by atoms with Crippen LogP contribution in [0.4, 0.5) is 0 Å². The van der Waals surface area contributed by atoms with E-state index in [1.54, 1.807) is 0 Å². The molecule has 0 atom stereocenters. The van der Waals surface area contributed by atoms with Gasteiger partial charge >= 0.3 is 0 Å². The molecule has 0 aliphatic rings. The van der Waals surface area contributed by atoms with E-state index < -0.39 is 0 Å². The van der Waals surface area contributed by atoms with Crippen LogP contribution in [0.2, 0.25) is 0 Å². The molecule has 0 aliphatic heterocycles. The summed E-state index contributed by atoms with van der Waals surface area (Å²) in [5.41, 5.74) is 1.00. The maximum Gasteiger partial charge on any atom is 0.0964 e. The Morgan fingerprint density at radius 2 is 2.45 bits per heavy atom. The van der Waals surface area contributed by atoms with E-state index >= 15 is 0 Å². The molecule has 0 saturated heterocycles. The summed E-state index contributed by atoms with van der Waals surface area (Å²) in [5.74, 6) is 0. The predicted molar refractivity (Wildman–Crippen MR) is 43.1 cm³/mol. The van der Waals surface area contributed by atoms with Crippen LogP contribution < -0.4 is 5.32 Å². The van der Waals surface area contributed by atoms with Crippen LogP contribution in [0, 0.1) is 0 Å². The van der Waals surface area contributed by atoms with E-state index in [4.69, 9.17) is 0 Å². The zero-order chi connectivity index (χ0) is 8.10. The van der Waals surface area contributed by atoms with E-state index in [0.29, 0.717) is 0 Å². The van der Waals surface area contributed by atoms with Gasteiger partial charge in [0.2, 0.25) is 0 Å². The highest BCUT2D eigenvalue weighted by atomic mass is 15.4. The zero-order valence-corrected chi connectivity index (χ0v) is 7.04. The summed E-state index contributed by atoms with van der Waals surface area (Å²) in [4.78, 5) is 0. The van der Waals surface area contributed by atoms with Gasteiger partial charge in [-0.25, -0.2) is 0 Å². The average Bonchev–Trinajstić information content (AvgIpc) is 2.38. The van der Waals surface area contributed by atoms with Gasteiger partial charge in [0.1, 0.15) is 0 Å². The Labute approximate surface area is 66.6 Å². The molecule has 0 radical (unpaired) electrons. The number of rotatable bonds is 4. The van der Waals surface area contributed by atoms with E-state index in [1.807, 2.05) is 17.9 Å². The lowest BCUT2D eigenvalue weighted by molar-refractivity contribution is 0.578. The van der Waals surface area contributed by atoms with Crippen LogP contribution in [0.3, 0.4) is 0 Å². The zero-order valence-electron chi connectivity index (χ0n) is 7.04. The van der Waals surface area contributed by atoms with Crippen molar-refractivity contribution in [1.82, 2.24) is 20.3 Å². The predicted octanol–water partition coefficient (Wildman–Crippen LogP) is 0.407. The van der Waals surface area contributed by atoms with Crippen LogP contribution in [0.5, 0.6) is 0 Å². The third kappa shape index (κ3) is 2.31. The van der Waals surface area contributed by atoms with Gasteiger partial charge in [-0.05, 0) is 13.5 Å². The molecule has 0 amide bonds. The second-order valence-corrected chi connectivity index (χ2v) is 2.50. The fourth-order valence-corrected chi connectivity index (χ4v) is 0.939. The number of aromatic nitrogens is 3. The molecule has 0 unspecified atom stereocenters. The first kappa shape index (κ1) is 8.20. The third-order valence-electron chi connectivity index (χ3n) is 1.40. The fraction of sp³-hybridized carbons (Fsp3) is 0.714. The van der Waals surface area contributed by atoms with Crippen molar-refractivity contribution in [1.29, 1.82) is 0 Å². The van der Waals surface area contributed by atoms with Crippen molar-refractivity contribution >= 4 is 0 Å². The lowest BCUT2D eigenvalue weighted by atomic mass is 10.4. The SMILES string of the molecule is CCCn1cc(CNC)nn1. The second kappa shape index (κ2) is 4.08. The van der Waals surface area contributed by atoms with Gasteiger partial charge in [-0.3, -0.25) is 4.68 Å². The summed E-state index contributed by atoms with van der Waals surface area (Å²) in [6, 6.07) is 0. The second-order valence-electron chi connectivity index (χ2n) is 2.50. The molecule has 0 aromatic carbocycles. The topological polar surface area (TPSA) is 42.7 Å². The first-order valence-corrected chi connectivity index (χ1v) is 3.90. The smallest absolute Gasteiger partial charge is 0.0964 e. The summed E-state index contributed by atoms with van der Waals surface area (Å²) < 4.78 is 1.87. The first-order valence-electron chi connectivity index (χ1n) is 3.90.